The first-order valence-corrected chi connectivity index (χ1v) is 2.85. The van der Waals surface area contributed by atoms with Crippen LogP contribution < -0.4 is 0 Å². The Morgan fingerprint density at radius 2 is 2.62 bits per heavy atom. The van der Waals surface area contributed by atoms with E-state index in [-0.39, 0.29) is 6.29 Å². The van der Waals surface area contributed by atoms with Crippen LogP contribution >= 0.6 is 0 Å². The van der Waals surface area contributed by atoms with Crippen molar-refractivity contribution in [1.29, 1.82) is 0 Å². The maximum Gasteiger partial charge on any atom is 0.198 e. The highest BCUT2D eigenvalue weighted by Crippen LogP contribution is 2.04. The summed E-state index contributed by atoms with van der Waals surface area (Å²) < 4.78 is 10.1. The molecule has 2 heteroatoms. The molecule has 8 heavy (non-hydrogen) atoms. The first-order valence-electron chi connectivity index (χ1n) is 2.85. The van der Waals surface area contributed by atoms with Gasteiger partial charge >= 0.3 is 0 Å². The van der Waals surface area contributed by atoms with Gasteiger partial charge in [-0.25, -0.2) is 0 Å². The Kier molecular flexibility index (Phi) is 1.92. The third-order valence-corrected chi connectivity index (χ3v) is 1.04. The van der Waals surface area contributed by atoms with E-state index in [0.29, 0.717) is 6.61 Å². The zero-order valence-electron chi connectivity index (χ0n) is 4.96. The van der Waals surface area contributed by atoms with Crippen LogP contribution in [-0.2, 0) is 9.47 Å². The molecule has 46 valence electrons. The SMILES string of the molecule is CCC1OC=CCO1. The summed E-state index contributed by atoms with van der Waals surface area (Å²) in [7, 11) is 0. The number of hydrogen-bond acceptors (Lipinski definition) is 2. The molecule has 1 atom stereocenters. The van der Waals surface area contributed by atoms with E-state index in [2.05, 4.69) is 0 Å². The Bertz CT molecular complexity index is 88.5. The highest BCUT2D eigenvalue weighted by molar-refractivity contribution is 4.76. The van der Waals surface area contributed by atoms with Crippen LogP contribution in [0.1, 0.15) is 13.3 Å². The average molecular weight is 114 g/mol. The van der Waals surface area contributed by atoms with Crippen LogP contribution in [0.2, 0.25) is 0 Å². The van der Waals surface area contributed by atoms with Crippen molar-refractivity contribution in [3.63, 3.8) is 0 Å². The number of ether oxygens (including phenoxy) is 2. The zero-order valence-corrected chi connectivity index (χ0v) is 4.96. The van der Waals surface area contributed by atoms with Gasteiger partial charge in [-0.1, -0.05) is 6.92 Å². The van der Waals surface area contributed by atoms with Gasteiger partial charge < -0.3 is 9.47 Å². The molecule has 1 rings (SSSR count). The molecule has 0 N–H and O–H groups in total. The van der Waals surface area contributed by atoms with Gasteiger partial charge in [0.2, 0.25) is 0 Å². The van der Waals surface area contributed by atoms with E-state index >= 15 is 0 Å². The van der Waals surface area contributed by atoms with E-state index in [1.54, 1.807) is 6.26 Å². The summed E-state index contributed by atoms with van der Waals surface area (Å²) in [5, 5.41) is 0. The molecule has 1 heterocycles. The Hall–Kier alpha value is -0.500. The minimum absolute atomic E-state index is 0.000000000000000222. The summed E-state index contributed by atoms with van der Waals surface area (Å²) >= 11 is 0. The molecule has 0 aliphatic carbocycles. The summed E-state index contributed by atoms with van der Waals surface area (Å²) in [5.41, 5.74) is 0. The van der Waals surface area contributed by atoms with Crippen LogP contribution in [0.3, 0.4) is 0 Å². The monoisotopic (exact) mass is 114 g/mol. The lowest BCUT2D eigenvalue weighted by atomic mass is 10.4. The molecule has 0 fully saturated rings. The molecule has 1 aliphatic heterocycles. The Morgan fingerprint density at radius 3 is 3.00 bits per heavy atom. The highest BCUT2D eigenvalue weighted by atomic mass is 16.7. The van der Waals surface area contributed by atoms with Gasteiger partial charge in [-0.3, -0.25) is 0 Å². The smallest absolute Gasteiger partial charge is 0.198 e. The van der Waals surface area contributed by atoms with Crippen LogP contribution in [0.15, 0.2) is 12.3 Å². The second-order valence-corrected chi connectivity index (χ2v) is 1.68. The van der Waals surface area contributed by atoms with Crippen molar-refractivity contribution in [3.8, 4) is 0 Å². The second-order valence-electron chi connectivity index (χ2n) is 1.68. The van der Waals surface area contributed by atoms with Gasteiger partial charge in [-0.15, -0.1) is 0 Å². The topological polar surface area (TPSA) is 18.5 Å². The molecular formula is C6H10O2. The van der Waals surface area contributed by atoms with Crippen molar-refractivity contribution < 1.29 is 9.47 Å². The van der Waals surface area contributed by atoms with Crippen molar-refractivity contribution in [2.45, 2.75) is 19.6 Å². The van der Waals surface area contributed by atoms with E-state index in [0.717, 1.165) is 6.42 Å². The maximum absolute atomic E-state index is 5.12. The predicted molar refractivity (Wildman–Crippen MR) is 30.3 cm³/mol. The molecule has 0 aromatic carbocycles. The van der Waals surface area contributed by atoms with Gasteiger partial charge in [-0.05, 0) is 6.08 Å². The van der Waals surface area contributed by atoms with Crippen LogP contribution in [0.4, 0.5) is 0 Å². The molecule has 2 nitrogen and oxygen atoms in total. The van der Waals surface area contributed by atoms with Crippen LogP contribution in [0, 0.1) is 0 Å². The fourth-order valence-corrected chi connectivity index (χ4v) is 0.599. The van der Waals surface area contributed by atoms with Crippen LogP contribution in [0.25, 0.3) is 0 Å². The van der Waals surface area contributed by atoms with Gasteiger partial charge in [0.25, 0.3) is 0 Å². The first kappa shape index (κ1) is 5.63. The molecule has 0 saturated carbocycles. The maximum atomic E-state index is 5.12. The van der Waals surface area contributed by atoms with Gasteiger partial charge in [0.15, 0.2) is 6.29 Å². The summed E-state index contributed by atoms with van der Waals surface area (Å²) in [5.74, 6) is 0. The first-order chi connectivity index (χ1) is 3.93. The zero-order chi connectivity index (χ0) is 5.82. The van der Waals surface area contributed by atoms with Gasteiger partial charge in [0.05, 0.1) is 12.9 Å². The largest absolute Gasteiger partial charge is 0.473 e. The van der Waals surface area contributed by atoms with E-state index in [9.17, 15) is 0 Å². The van der Waals surface area contributed by atoms with E-state index in [1.807, 2.05) is 13.0 Å². The third kappa shape index (κ3) is 1.23. The van der Waals surface area contributed by atoms with Crippen molar-refractivity contribution >= 4 is 0 Å². The van der Waals surface area contributed by atoms with E-state index in [4.69, 9.17) is 9.47 Å². The predicted octanol–water partition coefficient (Wildman–Crippen LogP) is 1.28. The molecule has 0 aromatic heterocycles. The normalized spacial score (nSPS) is 27.4. The Labute approximate surface area is 49.1 Å². The lowest BCUT2D eigenvalue weighted by molar-refractivity contribution is -0.111. The van der Waals surface area contributed by atoms with Crippen molar-refractivity contribution in [2.24, 2.45) is 0 Å². The standard InChI is InChI=1S/C6H10O2/c1-2-6-7-4-3-5-8-6/h3-4,6H,2,5H2,1H3. The Balaban J connectivity index is 2.27. The molecule has 0 aromatic rings. The minimum atomic E-state index is -0.000000000000000222. The highest BCUT2D eigenvalue weighted by Gasteiger charge is 2.05. The third-order valence-electron chi connectivity index (χ3n) is 1.04. The average Bonchev–Trinajstić information content (AvgIpc) is 1.90. The van der Waals surface area contributed by atoms with Gasteiger partial charge in [0.1, 0.15) is 0 Å². The summed E-state index contributed by atoms with van der Waals surface area (Å²) in [6.45, 7) is 2.72. The Morgan fingerprint density at radius 1 is 1.75 bits per heavy atom. The second kappa shape index (κ2) is 2.72. The van der Waals surface area contributed by atoms with Crippen LogP contribution in [0.5, 0.6) is 0 Å². The fraction of sp³-hybridized carbons (Fsp3) is 0.667. The quantitative estimate of drug-likeness (QED) is 0.511. The number of hydrogen-bond donors (Lipinski definition) is 0. The summed E-state index contributed by atoms with van der Waals surface area (Å²) in [6.07, 6.45) is 4.47. The molecule has 0 amide bonds. The molecular weight excluding hydrogens is 104 g/mol. The molecule has 0 saturated heterocycles. The summed E-state index contributed by atoms with van der Waals surface area (Å²) in [6, 6.07) is 0. The van der Waals surface area contributed by atoms with E-state index < -0.39 is 0 Å². The lowest BCUT2D eigenvalue weighted by Gasteiger charge is -2.17. The molecule has 0 spiro atoms. The van der Waals surface area contributed by atoms with Gasteiger partial charge in [-0.2, -0.15) is 0 Å². The minimum Gasteiger partial charge on any atom is -0.473 e. The fourth-order valence-electron chi connectivity index (χ4n) is 0.599. The van der Waals surface area contributed by atoms with Crippen molar-refractivity contribution in [1.82, 2.24) is 0 Å². The van der Waals surface area contributed by atoms with Crippen molar-refractivity contribution in [2.75, 3.05) is 6.61 Å². The number of rotatable bonds is 1. The summed E-state index contributed by atoms with van der Waals surface area (Å²) in [4.78, 5) is 0. The van der Waals surface area contributed by atoms with Crippen LogP contribution in [-0.4, -0.2) is 12.9 Å². The molecule has 0 radical (unpaired) electrons. The lowest BCUT2D eigenvalue weighted by Crippen LogP contribution is -2.16. The molecule has 0 bridgehead atoms. The molecule has 1 aliphatic rings. The van der Waals surface area contributed by atoms with Gasteiger partial charge in [0, 0.05) is 6.42 Å². The molecule has 1 unspecified atom stereocenters. The van der Waals surface area contributed by atoms with Crippen molar-refractivity contribution in [3.05, 3.63) is 12.3 Å². The van der Waals surface area contributed by atoms with E-state index in [1.165, 1.54) is 0 Å².